The number of hydrogen-bond donors (Lipinski definition) is 3. The molecular weight excluding hydrogens is 250 g/mol. The van der Waals surface area contributed by atoms with E-state index >= 15 is 0 Å². The monoisotopic (exact) mass is 267 g/mol. The largest absolute Gasteiger partial charge is 0.478 e. The number of pyridine rings is 1. The first-order valence-corrected chi connectivity index (χ1v) is 7.13. The highest BCUT2D eigenvalue weighted by atomic mass is 32.2. The van der Waals surface area contributed by atoms with Gasteiger partial charge in [0.2, 0.25) is 0 Å². The van der Waals surface area contributed by atoms with Crippen LogP contribution in [-0.2, 0) is 0 Å². The van der Waals surface area contributed by atoms with Crippen molar-refractivity contribution >= 4 is 29.2 Å². The molecule has 0 spiro atoms. The van der Waals surface area contributed by atoms with Gasteiger partial charge in [0, 0.05) is 12.7 Å². The molecule has 1 saturated heterocycles. The van der Waals surface area contributed by atoms with Crippen molar-refractivity contribution in [2.45, 2.75) is 12.8 Å². The van der Waals surface area contributed by atoms with Crippen molar-refractivity contribution in [2.75, 3.05) is 29.1 Å². The number of carboxylic acid groups (broad SMARTS) is 1. The summed E-state index contributed by atoms with van der Waals surface area (Å²) in [7, 11) is 0. The van der Waals surface area contributed by atoms with Crippen LogP contribution in [-0.4, -0.2) is 34.1 Å². The van der Waals surface area contributed by atoms with Crippen LogP contribution in [0.4, 0.5) is 11.5 Å². The Morgan fingerprint density at radius 1 is 1.56 bits per heavy atom. The number of aromatic nitrogens is 1. The predicted molar refractivity (Wildman–Crippen MR) is 74.1 cm³/mol. The lowest BCUT2D eigenvalue weighted by Gasteiger charge is -2.22. The Balaban J connectivity index is 2.00. The summed E-state index contributed by atoms with van der Waals surface area (Å²) in [6, 6.07) is 1.42. The number of nitrogen functional groups attached to an aromatic ring is 1. The number of anilines is 2. The number of hydrogen-bond acceptors (Lipinski definition) is 5. The van der Waals surface area contributed by atoms with Gasteiger partial charge in [-0.2, -0.15) is 11.8 Å². The van der Waals surface area contributed by atoms with Gasteiger partial charge in [0.1, 0.15) is 5.82 Å². The molecule has 0 bridgehead atoms. The molecule has 0 amide bonds. The summed E-state index contributed by atoms with van der Waals surface area (Å²) < 4.78 is 0. The third-order valence-electron chi connectivity index (χ3n) is 3.12. The van der Waals surface area contributed by atoms with E-state index in [1.54, 1.807) is 0 Å². The number of aromatic carboxylic acids is 1. The maximum absolute atomic E-state index is 10.9. The van der Waals surface area contributed by atoms with Crippen LogP contribution in [0.25, 0.3) is 0 Å². The zero-order valence-corrected chi connectivity index (χ0v) is 10.9. The Morgan fingerprint density at radius 2 is 2.28 bits per heavy atom. The minimum atomic E-state index is -1.02. The van der Waals surface area contributed by atoms with E-state index < -0.39 is 5.97 Å². The van der Waals surface area contributed by atoms with Crippen LogP contribution < -0.4 is 11.1 Å². The van der Waals surface area contributed by atoms with E-state index in [2.05, 4.69) is 10.3 Å². The second-order valence-corrected chi connectivity index (χ2v) is 5.59. The van der Waals surface area contributed by atoms with E-state index in [-0.39, 0.29) is 11.3 Å². The lowest BCUT2D eigenvalue weighted by molar-refractivity contribution is 0.0698. The molecule has 98 valence electrons. The first-order valence-electron chi connectivity index (χ1n) is 5.98. The molecule has 0 unspecified atom stereocenters. The van der Waals surface area contributed by atoms with Gasteiger partial charge in [-0.25, -0.2) is 9.78 Å². The van der Waals surface area contributed by atoms with Gasteiger partial charge in [0.25, 0.3) is 0 Å². The van der Waals surface area contributed by atoms with Crippen LogP contribution in [0.5, 0.6) is 0 Å². The van der Waals surface area contributed by atoms with E-state index in [1.807, 2.05) is 11.8 Å². The fourth-order valence-electron chi connectivity index (χ4n) is 1.99. The first kappa shape index (κ1) is 13.0. The number of thioether (sulfide) groups is 1. The molecule has 0 aromatic carbocycles. The third-order valence-corrected chi connectivity index (χ3v) is 4.17. The Morgan fingerprint density at radius 3 is 2.94 bits per heavy atom. The van der Waals surface area contributed by atoms with Gasteiger partial charge in [-0.3, -0.25) is 0 Å². The smallest absolute Gasteiger partial charge is 0.337 e. The van der Waals surface area contributed by atoms with Crippen molar-refractivity contribution in [3.8, 4) is 0 Å². The van der Waals surface area contributed by atoms with Crippen LogP contribution in [0.15, 0.2) is 12.3 Å². The van der Waals surface area contributed by atoms with Crippen molar-refractivity contribution in [3.63, 3.8) is 0 Å². The third kappa shape index (κ3) is 3.07. The van der Waals surface area contributed by atoms with Crippen molar-refractivity contribution < 1.29 is 9.90 Å². The lowest BCUT2D eigenvalue weighted by Crippen LogP contribution is -2.20. The zero-order valence-electron chi connectivity index (χ0n) is 10.1. The van der Waals surface area contributed by atoms with E-state index in [0.29, 0.717) is 11.7 Å². The molecule has 6 heteroatoms. The van der Waals surface area contributed by atoms with Gasteiger partial charge < -0.3 is 16.2 Å². The topological polar surface area (TPSA) is 88.2 Å². The number of nitrogens with two attached hydrogens (primary N) is 1. The van der Waals surface area contributed by atoms with Crippen LogP contribution in [0.2, 0.25) is 0 Å². The van der Waals surface area contributed by atoms with E-state index in [4.69, 9.17) is 10.8 Å². The van der Waals surface area contributed by atoms with Crippen LogP contribution in [0.3, 0.4) is 0 Å². The van der Waals surface area contributed by atoms with Crippen LogP contribution in [0.1, 0.15) is 23.2 Å². The molecule has 0 atom stereocenters. The molecule has 0 aliphatic carbocycles. The second kappa shape index (κ2) is 5.95. The van der Waals surface area contributed by atoms with Gasteiger partial charge >= 0.3 is 5.97 Å². The molecule has 2 heterocycles. The van der Waals surface area contributed by atoms with Gasteiger partial charge in [-0.05, 0) is 36.3 Å². The summed E-state index contributed by atoms with van der Waals surface area (Å²) in [5.41, 5.74) is 6.11. The quantitative estimate of drug-likeness (QED) is 0.772. The number of rotatable bonds is 4. The van der Waals surface area contributed by atoms with E-state index in [1.165, 1.54) is 36.6 Å². The van der Waals surface area contributed by atoms with Gasteiger partial charge in [-0.15, -0.1) is 0 Å². The number of nitrogens with one attached hydrogen (secondary N) is 1. The molecule has 1 aromatic rings. The standard InChI is InChI=1S/C12H17N3O2S/c13-10-9(12(16)17)1-4-14-11(10)15-7-8-2-5-18-6-3-8/h1,4,8H,2-3,5-7,13H2,(H,14,15)(H,16,17). The highest BCUT2D eigenvalue weighted by molar-refractivity contribution is 7.99. The van der Waals surface area contributed by atoms with Gasteiger partial charge in [-0.1, -0.05) is 0 Å². The fourth-order valence-corrected chi connectivity index (χ4v) is 3.20. The molecular formula is C12H17N3O2S. The minimum Gasteiger partial charge on any atom is -0.478 e. The SMILES string of the molecule is Nc1c(C(=O)O)ccnc1NCC1CCSCC1. The summed E-state index contributed by atoms with van der Waals surface area (Å²) in [5.74, 6) is 2.48. The summed E-state index contributed by atoms with van der Waals surface area (Å²) in [6.45, 7) is 0.806. The highest BCUT2D eigenvalue weighted by Crippen LogP contribution is 2.25. The minimum absolute atomic E-state index is 0.103. The summed E-state index contributed by atoms with van der Waals surface area (Å²) in [5, 5.41) is 12.1. The van der Waals surface area contributed by atoms with E-state index in [0.717, 1.165) is 6.54 Å². The van der Waals surface area contributed by atoms with Gasteiger partial charge in [0.15, 0.2) is 0 Å². The number of carboxylic acids is 1. The zero-order chi connectivity index (χ0) is 13.0. The molecule has 0 saturated carbocycles. The lowest BCUT2D eigenvalue weighted by atomic mass is 10.0. The fraction of sp³-hybridized carbons (Fsp3) is 0.500. The average Bonchev–Trinajstić information content (AvgIpc) is 2.38. The Hall–Kier alpha value is -1.43. The maximum Gasteiger partial charge on any atom is 0.337 e. The molecule has 5 nitrogen and oxygen atoms in total. The summed E-state index contributed by atoms with van der Waals surface area (Å²) in [4.78, 5) is 15.0. The van der Waals surface area contributed by atoms with Crippen molar-refractivity contribution in [1.29, 1.82) is 0 Å². The molecule has 1 fully saturated rings. The summed E-state index contributed by atoms with van der Waals surface area (Å²) >= 11 is 1.98. The van der Waals surface area contributed by atoms with Crippen molar-refractivity contribution in [3.05, 3.63) is 17.8 Å². The molecule has 18 heavy (non-hydrogen) atoms. The predicted octanol–water partition coefficient (Wildman–Crippen LogP) is 1.92. The molecule has 0 radical (unpaired) electrons. The van der Waals surface area contributed by atoms with Crippen molar-refractivity contribution in [2.24, 2.45) is 5.92 Å². The summed E-state index contributed by atoms with van der Waals surface area (Å²) in [6.07, 6.45) is 3.85. The van der Waals surface area contributed by atoms with E-state index in [9.17, 15) is 4.79 Å². The second-order valence-electron chi connectivity index (χ2n) is 4.36. The number of carbonyl (C=O) groups is 1. The molecule has 1 aliphatic rings. The number of nitrogens with zero attached hydrogens (tertiary/aromatic N) is 1. The molecule has 4 N–H and O–H groups in total. The van der Waals surface area contributed by atoms with Gasteiger partial charge in [0.05, 0.1) is 11.3 Å². The maximum atomic E-state index is 10.9. The Bertz CT molecular complexity index is 433. The molecule has 1 aromatic heterocycles. The Kier molecular flexibility index (Phi) is 4.30. The van der Waals surface area contributed by atoms with Crippen LogP contribution in [0, 0.1) is 5.92 Å². The Labute approximate surface area is 110 Å². The molecule has 2 rings (SSSR count). The average molecular weight is 267 g/mol. The van der Waals surface area contributed by atoms with Crippen molar-refractivity contribution in [1.82, 2.24) is 4.98 Å². The highest BCUT2D eigenvalue weighted by Gasteiger charge is 2.16. The first-order chi connectivity index (χ1) is 8.68. The van der Waals surface area contributed by atoms with Crippen LogP contribution >= 0.6 is 11.8 Å². The normalized spacial score (nSPS) is 16.4. The molecule has 1 aliphatic heterocycles.